The molecule has 1 aromatic rings. The van der Waals surface area contributed by atoms with E-state index in [1.807, 2.05) is 0 Å². The smallest absolute Gasteiger partial charge is 0.251 e. The zero-order valence-corrected chi connectivity index (χ0v) is 16.6. The minimum absolute atomic E-state index is 0.0564. The van der Waals surface area contributed by atoms with E-state index in [-0.39, 0.29) is 11.4 Å². The Hall–Kier alpha value is -1.11. The maximum Gasteiger partial charge on any atom is 0.251 e. The van der Waals surface area contributed by atoms with Crippen LogP contribution in [0.2, 0.25) is 0 Å². The Labute approximate surface area is 153 Å². The summed E-state index contributed by atoms with van der Waals surface area (Å²) < 4.78 is 5.99. The van der Waals surface area contributed by atoms with Crippen molar-refractivity contribution < 1.29 is 9.53 Å². The van der Waals surface area contributed by atoms with Crippen molar-refractivity contribution in [2.75, 3.05) is 46.4 Å². The summed E-state index contributed by atoms with van der Waals surface area (Å²) in [4.78, 5) is 17.3. The summed E-state index contributed by atoms with van der Waals surface area (Å²) in [5.41, 5.74) is 0.577. The van der Waals surface area contributed by atoms with Gasteiger partial charge in [-0.3, -0.25) is 9.69 Å². The monoisotopic (exact) mass is 397 g/mol. The number of rotatable bonds is 6. The van der Waals surface area contributed by atoms with Crippen LogP contribution in [0, 0.1) is 0 Å². The standard InChI is InChI=1S/C18H28BrN3O2/c1-5-21-8-10-22(11-9-21)18(2,3)13-20-17(23)14-6-7-16(24-4)15(19)12-14/h6-7,12H,5,8-11,13H2,1-4H3,(H,20,23). The number of carbonyl (C=O) groups is 1. The molecule has 0 aromatic heterocycles. The van der Waals surface area contributed by atoms with E-state index in [4.69, 9.17) is 4.74 Å². The number of nitrogens with zero attached hydrogens (tertiary/aromatic N) is 2. The molecule has 6 heteroatoms. The molecule has 1 amide bonds. The summed E-state index contributed by atoms with van der Waals surface area (Å²) in [6.07, 6.45) is 0. The molecule has 0 unspecified atom stereocenters. The van der Waals surface area contributed by atoms with Gasteiger partial charge in [-0.1, -0.05) is 6.92 Å². The van der Waals surface area contributed by atoms with Gasteiger partial charge in [0.25, 0.3) is 5.91 Å². The van der Waals surface area contributed by atoms with Gasteiger partial charge in [-0.2, -0.15) is 0 Å². The van der Waals surface area contributed by atoms with Crippen LogP contribution in [0.3, 0.4) is 0 Å². The van der Waals surface area contributed by atoms with Crippen LogP contribution in [-0.4, -0.2) is 67.6 Å². The largest absolute Gasteiger partial charge is 0.496 e. The third-order valence-corrected chi connectivity index (χ3v) is 5.39. The van der Waals surface area contributed by atoms with Crippen molar-refractivity contribution in [3.63, 3.8) is 0 Å². The molecule has 1 saturated heterocycles. The van der Waals surface area contributed by atoms with E-state index in [2.05, 4.69) is 51.8 Å². The highest BCUT2D eigenvalue weighted by Crippen LogP contribution is 2.25. The lowest BCUT2D eigenvalue weighted by molar-refractivity contribution is 0.0521. The Kier molecular flexibility index (Phi) is 6.66. The van der Waals surface area contributed by atoms with Gasteiger partial charge in [0.05, 0.1) is 11.6 Å². The number of halogens is 1. The van der Waals surface area contributed by atoms with Crippen molar-refractivity contribution in [3.8, 4) is 5.75 Å². The molecule has 24 heavy (non-hydrogen) atoms. The van der Waals surface area contributed by atoms with Crippen molar-refractivity contribution in [1.29, 1.82) is 0 Å². The molecule has 5 nitrogen and oxygen atoms in total. The maximum absolute atomic E-state index is 12.4. The normalized spacial score (nSPS) is 16.9. The minimum atomic E-state index is -0.0568. The molecule has 2 rings (SSSR count). The van der Waals surface area contributed by atoms with Crippen LogP contribution in [0.4, 0.5) is 0 Å². The highest BCUT2D eigenvalue weighted by atomic mass is 79.9. The number of ether oxygens (including phenoxy) is 1. The number of piperazine rings is 1. The fourth-order valence-corrected chi connectivity index (χ4v) is 3.53. The Morgan fingerprint density at radius 3 is 2.50 bits per heavy atom. The van der Waals surface area contributed by atoms with Crippen LogP contribution in [0.25, 0.3) is 0 Å². The van der Waals surface area contributed by atoms with Crippen LogP contribution in [0.15, 0.2) is 22.7 Å². The first kappa shape index (κ1) is 19.2. The summed E-state index contributed by atoms with van der Waals surface area (Å²) in [5.74, 6) is 0.666. The fourth-order valence-electron chi connectivity index (χ4n) is 2.99. The second kappa shape index (κ2) is 8.32. The number of benzene rings is 1. The van der Waals surface area contributed by atoms with Gasteiger partial charge in [0, 0.05) is 43.8 Å². The lowest BCUT2D eigenvalue weighted by Gasteiger charge is -2.44. The molecule has 0 atom stereocenters. The third-order valence-electron chi connectivity index (χ3n) is 4.77. The number of carbonyl (C=O) groups excluding carboxylic acids is 1. The maximum atomic E-state index is 12.4. The van der Waals surface area contributed by atoms with Gasteiger partial charge < -0.3 is 15.0 Å². The summed E-state index contributed by atoms with van der Waals surface area (Å²) in [7, 11) is 1.61. The van der Waals surface area contributed by atoms with Crippen molar-refractivity contribution >= 4 is 21.8 Å². The predicted molar refractivity (Wildman–Crippen MR) is 101 cm³/mol. The second-order valence-electron chi connectivity index (χ2n) is 6.77. The number of nitrogens with one attached hydrogen (secondary N) is 1. The van der Waals surface area contributed by atoms with Gasteiger partial charge in [0.15, 0.2) is 0 Å². The van der Waals surface area contributed by atoms with Gasteiger partial charge >= 0.3 is 0 Å². The topological polar surface area (TPSA) is 44.8 Å². The first-order valence-electron chi connectivity index (χ1n) is 8.46. The Balaban J connectivity index is 1.91. The quantitative estimate of drug-likeness (QED) is 0.800. The first-order chi connectivity index (χ1) is 11.4. The van der Waals surface area contributed by atoms with E-state index in [1.165, 1.54) is 0 Å². The summed E-state index contributed by atoms with van der Waals surface area (Å²) in [5, 5.41) is 3.07. The first-order valence-corrected chi connectivity index (χ1v) is 9.26. The molecule has 0 bridgehead atoms. The number of methoxy groups -OCH3 is 1. The molecule has 134 valence electrons. The van der Waals surface area contributed by atoms with E-state index < -0.39 is 0 Å². The summed E-state index contributed by atoms with van der Waals surface area (Å²) in [6.45, 7) is 12.6. The van der Waals surface area contributed by atoms with E-state index in [0.717, 1.165) is 42.9 Å². The van der Waals surface area contributed by atoms with E-state index in [1.54, 1.807) is 25.3 Å². The van der Waals surface area contributed by atoms with Crippen LogP contribution >= 0.6 is 15.9 Å². The Morgan fingerprint density at radius 1 is 1.29 bits per heavy atom. The highest BCUT2D eigenvalue weighted by molar-refractivity contribution is 9.10. The zero-order valence-electron chi connectivity index (χ0n) is 15.1. The molecule has 1 aliphatic heterocycles. The lowest BCUT2D eigenvalue weighted by atomic mass is 10.0. The third kappa shape index (κ3) is 4.71. The minimum Gasteiger partial charge on any atom is -0.496 e. The summed E-state index contributed by atoms with van der Waals surface area (Å²) in [6, 6.07) is 5.38. The molecule has 0 spiro atoms. The fraction of sp³-hybridized carbons (Fsp3) is 0.611. The van der Waals surface area contributed by atoms with Gasteiger partial charge in [0.2, 0.25) is 0 Å². The van der Waals surface area contributed by atoms with Gasteiger partial charge in [0.1, 0.15) is 5.75 Å². The molecule has 1 aromatic carbocycles. The lowest BCUT2D eigenvalue weighted by Crippen LogP contribution is -2.58. The van der Waals surface area contributed by atoms with Crippen molar-refractivity contribution in [2.24, 2.45) is 0 Å². The number of hydrogen-bond acceptors (Lipinski definition) is 4. The molecule has 1 heterocycles. The molecule has 0 aliphatic carbocycles. The molecular formula is C18H28BrN3O2. The predicted octanol–water partition coefficient (Wildman–Crippen LogP) is 2.60. The van der Waals surface area contributed by atoms with E-state index >= 15 is 0 Å². The van der Waals surface area contributed by atoms with Crippen LogP contribution in [0.1, 0.15) is 31.1 Å². The SMILES string of the molecule is CCN1CCN(C(C)(C)CNC(=O)c2ccc(OC)c(Br)c2)CC1. The second-order valence-corrected chi connectivity index (χ2v) is 7.62. The molecule has 1 fully saturated rings. The highest BCUT2D eigenvalue weighted by Gasteiger charge is 2.30. The average Bonchev–Trinajstić information content (AvgIpc) is 2.59. The molecule has 1 N–H and O–H groups in total. The molecule has 0 radical (unpaired) electrons. The molecule has 0 saturated carbocycles. The van der Waals surface area contributed by atoms with Crippen molar-refractivity contribution in [3.05, 3.63) is 28.2 Å². The average molecular weight is 398 g/mol. The van der Waals surface area contributed by atoms with Gasteiger partial charge in [-0.05, 0) is 54.5 Å². The number of likely N-dealkylation sites (N-methyl/N-ethyl adjacent to an activating group) is 1. The van der Waals surface area contributed by atoms with E-state index in [9.17, 15) is 4.79 Å². The van der Waals surface area contributed by atoms with E-state index in [0.29, 0.717) is 12.1 Å². The van der Waals surface area contributed by atoms with Crippen molar-refractivity contribution in [1.82, 2.24) is 15.1 Å². The molecular weight excluding hydrogens is 370 g/mol. The van der Waals surface area contributed by atoms with Gasteiger partial charge in [-0.15, -0.1) is 0 Å². The molecule has 1 aliphatic rings. The van der Waals surface area contributed by atoms with Crippen LogP contribution in [-0.2, 0) is 0 Å². The number of hydrogen-bond donors (Lipinski definition) is 1. The number of amides is 1. The van der Waals surface area contributed by atoms with Crippen LogP contribution < -0.4 is 10.1 Å². The Bertz CT molecular complexity index is 569. The zero-order chi connectivity index (χ0) is 17.7. The van der Waals surface area contributed by atoms with Crippen molar-refractivity contribution in [2.45, 2.75) is 26.3 Å². The summed E-state index contributed by atoms with van der Waals surface area (Å²) >= 11 is 3.42. The Morgan fingerprint density at radius 2 is 1.96 bits per heavy atom. The van der Waals surface area contributed by atoms with Crippen LogP contribution in [0.5, 0.6) is 5.75 Å². The van der Waals surface area contributed by atoms with Gasteiger partial charge in [-0.25, -0.2) is 0 Å².